The van der Waals surface area contributed by atoms with Crippen LogP contribution in [0.3, 0.4) is 0 Å². The first-order chi connectivity index (χ1) is 10.1. The van der Waals surface area contributed by atoms with Gasteiger partial charge in [0.05, 0.1) is 17.2 Å². The molecule has 0 aliphatic carbocycles. The number of hydrogen-bond donors (Lipinski definition) is 1. The average Bonchev–Trinajstić information content (AvgIpc) is 3.02. The number of aromatic amines is 1. The van der Waals surface area contributed by atoms with Crippen molar-refractivity contribution in [2.24, 2.45) is 7.05 Å². The maximum Gasteiger partial charge on any atom is 0.101 e. The summed E-state index contributed by atoms with van der Waals surface area (Å²) in [7, 11) is 1.99. The lowest BCUT2D eigenvalue weighted by molar-refractivity contribution is 0.801. The number of H-pyrrole nitrogens is 1. The highest BCUT2D eigenvalue weighted by atomic mass is 15.3. The first kappa shape index (κ1) is 12.1. The largest absolute Gasteiger partial charge is 0.278 e. The van der Waals surface area contributed by atoms with E-state index in [0.29, 0.717) is 0 Å². The van der Waals surface area contributed by atoms with Crippen molar-refractivity contribution in [2.75, 3.05) is 0 Å². The Kier molecular flexibility index (Phi) is 2.42. The Morgan fingerprint density at radius 2 is 1.86 bits per heavy atom. The Hall–Kier alpha value is -2.62. The van der Waals surface area contributed by atoms with Gasteiger partial charge >= 0.3 is 0 Å². The first-order valence-electron chi connectivity index (χ1n) is 7.01. The number of aryl methyl sites for hydroxylation is 3. The smallest absolute Gasteiger partial charge is 0.101 e. The Balaban J connectivity index is 2.13. The molecule has 0 atom stereocenters. The van der Waals surface area contributed by atoms with Gasteiger partial charge in [-0.2, -0.15) is 10.2 Å². The molecule has 104 valence electrons. The summed E-state index contributed by atoms with van der Waals surface area (Å²) in [6.07, 6.45) is 1.88. The van der Waals surface area contributed by atoms with Crippen molar-refractivity contribution in [1.82, 2.24) is 20.0 Å². The molecule has 0 unspecified atom stereocenters. The summed E-state index contributed by atoms with van der Waals surface area (Å²) in [4.78, 5) is 0. The highest BCUT2D eigenvalue weighted by Crippen LogP contribution is 2.33. The normalized spacial score (nSPS) is 11.6. The summed E-state index contributed by atoms with van der Waals surface area (Å²) in [5.74, 6) is 0. The van der Waals surface area contributed by atoms with E-state index in [9.17, 15) is 0 Å². The van der Waals surface area contributed by atoms with Gasteiger partial charge < -0.3 is 0 Å². The minimum Gasteiger partial charge on any atom is -0.278 e. The number of nitrogens with zero attached hydrogens (tertiary/aromatic N) is 3. The summed E-state index contributed by atoms with van der Waals surface area (Å²) in [6, 6.07) is 10.7. The molecule has 2 aromatic carbocycles. The fraction of sp³-hybridized carbons (Fsp3) is 0.176. The molecule has 0 spiro atoms. The summed E-state index contributed by atoms with van der Waals surface area (Å²) in [6.45, 7) is 4.21. The van der Waals surface area contributed by atoms with E-state index in [1.54, 1.807) is 0 Å². The van der Waals surface area contributed by atoms with Gasteiger partial charge in [0.2, 0.25) is 0 Å². The van der Waals surface area contributed by atoms with E-state index in [0.717, 1.165) is 27.7 Å². The van der Waals surface area contributed by atoms with Crippen LogP contribution in [0.4, 0.5) is 0 Å². The molecule has 0 aliphatic heterocycles. The quantitative estimate of drug-likeness (QED) is 0.575. The van der Waals surface area contributed by atoms with E-state index >= 15 is 0 Å². The van der Waals surface area contributed by atoms with Crippen LogP contribution in [0.25, 0.3) is 33.1 Å². The van der Waals surface area contributed by atoms with Gasteiger partial charge in [0, 0.05) is 23.4 Å². The van der Waals surface area contributed by atoms with Crippen LogP contribution in [-0.2, 0) is 7.05 Å². The van der Waals surface area contributed by atoms with Crippen LogP contribution in [0.5, 0.6) is 0 Å². The van der Waals surface area contributed by atoms with Crippen LogP contribution in [0.15, 0.2) is 36.5 Å². The zero-order valence-corrected chi connectivity index (χ0v) is 12.3. The zero-order valence-electron chi connectivity index (χ0n) is 12.3. The Bertz CT molecular complexity index is 975. The Labute approximate surface area is 122 Å². The van der Waals surface area contributed by atoms with Crippen molar-refractivity contribution >= 4 is 21.8 Å². The average molecular weight is 276 g/mol. The molecule has 0 bridgehead atoms. The fourth-order valence-corrected chi connectivity index (χ4v) is 2.97. The highest BCUT2D eigenvalue weighted by molar-refractivity contribution is 6.02. The molecule has 2 heterocycles. The molecule has 4 rings (SSSR count). The van der Waals surface area contributed by atoms with Crippen LogP contribution in [0, 0.1) is 13.8 Å². The first-order valence-corrected chi connectivity index (χ1v) is 7.01. The lowest BCUT2D eigenvalue weighted by atomic mass is 10.0. The molecular weight excluding hydrogens is 260 g/mol. The molecule has 4 heteroatoms. The second kappa shape index (κ2) is 4.19. The summed E-state index contributed by atoms with van der Waals surface area (Å²) in [5, 5.41) is 14.3. The van der Waals surface area contributed by atoms with Crippen LogP contribution in [-0.4, -0.2) is 20.0 Å². The maximum absolute atomic E-state index is 4.75. The molecule has 4 aromatic rings. The topological polar surface area (TPSA) is 46.5 Å². The predicted octanol–water partition coefficient (Wildman–Crippen LogP) is 3.73. The Morgan fingerprint density at radius 3 is 2.71 bits per heavy atom. The van der Waals surface area contributed by atoms with Crippen LogP contribution in [0.1, 0.15) is 11.1 Å². The molecule has 0 amide bonds. The van der Waals surface area contributed by atoms with Crippen molar-refractivity contribution in [1.29, 1.82) is 0 Å². The number of fused-ring (bicyclic) bond motifs is 2. The van der Waals surface area contributed by atoms with E-state index < -0.39 is 0 Å². The van der Waals surface area contributed by atoms with Crippen molar-refractivity contribution in [3.8, 4) is 11.3 Å². The number of rotatable bonds is 1. The van der Waals surface area contributed by atoms with Gasteiger partial charge in [-0.1, -0.05) is 11.6 Å². The third-order valence-electron chi connectivity index (χ3n) is 3.96. The van der Waals surface area contributed by atoms with Gasteiger partial charge in [-0.25, -0.2) is 0 Å². The second-order valence-corrected chi connectivity index (χ2v) is 5.64. The zero-order chi connectivity index (χ0) is 14.6. The van der Waals surface area contributed by atoms with Crippen molar-refractivity contribution in [2.45, 2.75) is 13.8 Å². The number of aromatic nitrogens is 4. The predicted molar refractivity (Wildman–Crippen MR) is 85.3 cm³/mol. The molecule has 0 radical (unpaired) electrons. The molecular formula is C17H16N4. The lowest BCUT2D eigenvalue weighted by Crippen LogP contribution is -1.90. The van der Waals surface area contributed by atoms with E-state index in [4.69, 9.17) is 5.10 Å². The van der Waals surface area contributed by atoms with Crippen LogP contribution in [0.2, 0.25) is 0 Å². The van der Waals surface area contributed by atoms with Crippen LogP contribution >= 0.6 is 0 Å². The molecule has 0 saturated carbocycles. The molecule has 1 N–H and O–H groups in total. The van der Waals surface area contributed by atoms with Gasteiger partial charge in [-0.05, 0) is 43.7 Å². The standard InChI is InChI=1S/C17H16N4/c1-10-4-5-16-13(6-10)17(20-21(16)3)12-7-11(2)8-15-14(12)9-18-19-15/h4-9H,1-3H3,(H,18,19). The van der Waals surface area contributed by atoms with E-state index in [1.807, 2.05) is 17.9 Å². The van der Waals surface area contributed by atoms with Gasteiger partial charge in [-0.3, -0.25) is 9.78 Å². The third-order valence-corrected chi connectivity index (χ3v) is 3.96. The lowest BCUT2D eigenvalue weighted by Gasteiger charge is -2.03. The maximum atomic E-state index is 4.75. The summed E-state index contributed by atoms with van der Waals surface area (Å²) < 4.78 is 1.94. The second-order valence-electron chi connectivity index (χ2n) is 5.64. The molecule has 0 aliphatic rings. The SMILES string of the molecule is Cc1cc(-c2nn(C)c3ccc(C)cc23)c2cn[nH]c2c1. The van der Waals surface area contributed by atoms with Crippen molar-refractivity contribution < 1.29 is 0 Å². The van der Waals surface area contributed by atoms with Crippen molar-refractivity contribution in [3.05, 3.63) is 47.7 Å². The highest BCUT2D eigenvalue weighted by Gasteiger charge is 2.14. The number of nitrogens with one attached hydrogen (secondary N) is 1. The molecule has 21 heavy (non-hydrogen) atoms. The minimum atomic E-state index is 1.02. The third kappa shape index (κ3) is 1.76. The van der Waals surface area contributed by atoms with Gasteiger partial charge in [0.1, 0.15) is 5.69 Å². The summed E-state index contributed by atoms with van der Waals surface area (Å²) >= 11 is 0. The minimum absolute atomic E-state index is 1.02. The monoisotopic (exact) mass is 276 g/mol. The number of benzene rings is 2. The van der Waals surface area contributed by atoms with E-state index in [1.165, 1.54) is 16.5 Å². The van der Waals surface area contributed by atoms with E-state index in [2.05, 4.69) is 54.4 Å². The van der Waals surface area contributed by atoms with Gasteiger partial charge in [0.25, 0.3) is 0 Å². The fourth-order valence-electron chi connectivity index (χ4n) is 2.97. The number of hydrogen-bond acceptors (Lipinski definition) is 2. The van der Waals surface area contributed by atoms with Gasteiger partial charge in [-0.15, -0.1) is 0 Å². The summed E-state index contributed by atoms with van der Waals surface area (Å²) in [5.41, 5.74) is 6.80. The Morgan fingerprint density at radius 1 is 1.00 bits per heavy atom. The molecule has 2 aromatic heterocycles. The molecule has 4 nitrogen and oxygen atoms in total. The molecule has 0 fully saturated rings. The van der Waals surface area contributed by atoms with Crippen LogP contribution < -0.4 is 0 Å². The molecule has 0 saturated heterocycles. The van der Waals surface area contributed by atoms with Crippen molar-refractivity contribution in [3.63, 3.8) is 0 Å². The van der Waals surface area contributed by atoms with E-state index in [-0.39, 0.29) is 0 Å². The van der Waals surface area contributed by atoms with Gasteiger partial charge in [0.15, 0.2) is 0 Å².